The van der Waals surface area contributed by atoms with Gasteiger partial charge in [0.15, 0.2) is 11.6 Å². The molecule has 238 valence electrons. The minimum atomic E-state index is -0.0545. The van der Waals surface area contributed by atoms with Crippen LogP contribution in [0.25, 0.3) is 12.2 Å². The predicted molar refractivity (Wildman–Crippen MR) is 190 cm³/mol. The fraction of sp³-hybridized carbons (Fsp3) is 0.250. The molecule has 0 saturated carbocycles. The van der Waals surface area contributed by atoms with Gasteiger partial charge in [0.25, 0.3) is 0 Å². The van der Waals surface area contributed by atoms with Crippen molar-refractivity contribution in [1.29, 1.82) is 0 Å². The third-order valence-electron chi connectivity index (χ3n) is 7.45. The molecule has 0 spiro atoms. The molecule has 0 radical (unpaired) electrons. The minimum Gasteiger partial charge on any atom is -0.494 e. The Bertz CT molecular complexity index is 1440. The SMILES string of the molecule is O=C(/C=C\c1ccc(OCCCCCCCCCCOc2ccc(/C=C/C(=O)c3ccc(Cl)cc3)cc2)cc1)c1ccc(Cl)cc1. The van der Waals surface area contributed by atoms with Gasteiger partial charge in [-0.1, -0.05) is 98.1 Å². The number of halogens is 2. The summed E-state index contributed by atoms with van der Waals surface area (Å²) in [7, 11) is 0. The van der Waals surface area contributed by atoms with E-state index in [1.165, 1.54) is 25.7 Å². The summed E-state index contributed by atoms with van der Waals surface area (Å²) < 4.78 is 11.8. The number of benzene rings is 4. The second kappa shape index (κ2) is 19.4. The van der Waals surface area contributed by atoms with Crippen molar-refractivity contribution < 1.29 is 19.1 Å². The first-order valence-corrected chi connectivity index (χ1v) is 16.6. The maximum Gasteiger partial charge on any atom is 0.185 e. The summed E-state index contributed by atoms with van der Waals surface area (Å²) in [5.74, 6) is 1.58. The van der Waals surface area contributed by atoms with E-state index in [9.17, 15) is 9.59 Å². The van der Waals surface area contributed by atoms with Crippen LogP contribution in [0.3, 0.4) is 0 Å². The van der Waals surface area contributed by atoms with E-state index in [1.807, 2.05) is 60.7 Å². The summed E-state index contributed by atoms with van der Waals surface area (Å²) in [6, 6.07) is 29.4. The molecule has 0 aliphatic carbocycles. The highest BCUT2D eigenvalue weighted by molar-refractivity contribution is 6.31. The third-order valence-corrected chi connectivity index (χ3v) is 7.95. The Morgan fingerprint density at radius 3 is 1.13 bits per heavy atom. The van der Waals surface area contributed by atoms with Crippen molar-refractivity contribution in [3.8, 4) is 11.5 Å². The zero-order valence-corrected chi connectivity index (χ0v) is 27.5. The lowest BCUT2D eigenvalue weighted by atomic mass is 10.1. The number of rotatable bonds is 19. The topological polar surface area (TPSA) is 52.6 Å². The van der Waals surface area contributed by atoms with Crippen molar-refractivity contribution in [3.05, 3.63) is 142 Å². The van der Waals surface area contributed by atoms with Gasteiger partial charge in [-0.3, -0.25) is 9.59 Å². The Labute approximate surface area is 282 Å². The molecule has 6 heteroatoms. The van der Waals surface area contributed by atoms with E-state index in [-0.39, 0.29) is 11.6 Å². The lowest BCUT2D eigenvalue weighted by Gasteiger charge is -2.07. The molecule has 0 unspecified atom stereocenters. The Balaban J connectivity index is 0.979. The van der Waals surface area contributed by atoms with Gasteiger partial charge in [0.1, 0.15) is 11.5 Å². The van der Waals surface area contributed by atoms with E-state index in [0.717, 1.165) is 48.3 Å². The van der Waals surface area contributed by atoms with Gasteiger partial charge in [-0.15, -0.1) is 0 Å². The van der Waals surface area contributed by atoms with E-state index in [1.54, 1.807) is 60.7 Å². The first-order chi connectivity index (χ1) is 22.5. The van der Waals surface area contributed by atoms with E-state index in [0.29, 0.717) is 34.4 Å². The van der Waals surface area contributed by atoms with Crippen LogP contribution in [0.4, 0.5) is 0 Å². The normalized spacial score (nSPS) is 11.3. The Morgan fingerprint density at radius 2 is 0.783 bits per heavy atom. The standard InChI is InChI=1S/C40H40Cl2O4/c41-35-19-15-33(16-20-35)39(43)27-13-31-9-23-37(24-10-31)45-29-7-5-3-1-2-4-6-8-30-46-38-25-11-32(12-26-38)14-28-40(44)34-17-21-36(42)22-18-34/h9-28H,1-8,29-30H2/b27-13-,28-14+. The molecule has 4 aromatic rings. The first kappa shape index (κ1) is 34.7. The van der Waals surface area contributed by atoms with Crippen LogP contribution in [0.1, 0.15) is 83.2 Å². The van der Waals surface area contributed by atoms with E-state index in [4.69, 9.17) is 32.7 Å². The predicted octanol–water partition coefficient (Wildman–Crippen LogP) is 11.4. The zero-order chi connectivity index (χ0) is 32.4. The molecule has 0 atom stereocenters. The number of ether oxygens (including phenoxy) is 2. The number of carbonyl (C=O) groups is 2. The van der Waals surface area contributed by atoms with Gasteiger partial charge in [-0.25, -0.2) is 0 Å². The molecule has 0 aromatic heterocycles. The Kier molecular flexibility index (Phi) is 14.7. The van der Waals surface area contributed by atoms with Crippen molar-refractivity contribution >= 4 is 46.9 Å². The Hall–Kier alpha value is -4.12. The van der Waals surface area contributed by atoms with Gasteiger partial charge < -0.3 is 9.47 Å². The largest absolute Gasteiger partial charge is 0.494 e. The number of hydrogen-bond donors (Lipinski definition) is 0. The van der Waals surface area contributed by atoms with Crippen LogP contribution < -0.4 is 9.47 Å². The average Bonchev–Trinajstić information content (AvgIpc) is 3.08. The molecule has 0 saturated heterocycles. The van der Waals surface area contributed by atoms with Crippen LogP contribution in [0.2, 0.25) is 10.0 Å². The van der Waals surface area contributed by atoms with Gasteiger partial charge in [0.05, 0.1) is 13.2 Å². The number of hydrogen-bond acceptors (Lipinski definition) is 4. The molecular formula is C40H40Cl2O4. The van der Waals surface area contributed by atoms with E-state index >= 15 is 0 Å². The lowest BCUT2D eigenvalue weighted by Crippen LogP contribution is -1.98. The van der Waals surface area contributed by atoms with Gasteiger partial charge in [0, 0.05) is 21.2 Å². The molecule has 0 N–H and O–H groups in total. The van der Waals surface area contributed by atoms with Crippen molar-refractivity contribution in [2.24, 2.45) is 0 Å². The van der Waals surface area contributed by atoms with E-state index in [2.05, 4.69) is 0 Å². The Morgan fingerprint density at radius 1 is 0.457 bits per heavy atom. The molecule has 0 fully saturated rings. The second-order valence-electron chi connectivity index (χ2n) is 11.1. The monoisotopic (exact) mass is 654 g/mol. The summed E-state index contributed by atoms with van der Waals surface area (Å²) in [5, 5.41) is 1.23. The lowest BCUT2D eigenvalue weighted by molar-refractivity contribution is 0.103. The van der Waals surface area contributed by atoms with Gasteiger partial charge in [0.2, 0.25) is 0 Å². The second-order valence-corrected chi connectivity index (χ2v) is 11.9. The van der Waals surface area contributed by atoms with Crippen LogP contribution in [0.5, 0.6) is 11.5 Å². The molecule has 0 amide bonds. The average molecular weight is 656 g/mol. The summed E-state index contributed by atoms with van der Waals surface area (Å²) in [4.78, 5) is 24.5. The van der Waals surface area contributed by atoms with Gasteiger partial charge in [-0.05, 0) is 109 Å². The van der Waals surface area contributed by atoms with E-state index < -0.39 is 0 Å². The molecule has 0 heterocycles. The highest BCUT2D eigenvalue weighted by Gasteiger charge is 2.03. The third kappa shape index (κ3) is 12.7. The molecular weight excluding hydrogens is 615 g/mol. The fourth-order valence-electron chi connectivity index (χ4n) is 4.76. The first-order valence-electron chi connectivity index (χ1n) is 15.9. The number of carbonyl (C=O) groups excluding carboxylic acids is 2. The summed E-state index contributed by atoms with van der Waals surface area (Å²) >= 11 is 11.8. The maximum atomic E-state index is 12.3. The number of allylic oxidation sites excluding steroid dienone is 2. The molecule has 46 heavy (non-hydrogen) atoms. The number of ketones is 2. The molecule has 0 aliphatic rings. The van der Waals surface area contributed by atoms with Gasteiger partial charge >= 0.3 is 0 Å². The minimum absolute atomic E-state index is 0.0545. The summed E-state index contributed by atoms with van der Waals surface area (Å²) in [5.41, 5.74) is 3.12. The van der Waals surface area contributed by atoms with Crippen molar-refractivity contribution in [1.82, 2.24) is 0 Å². The van der Waals surface area contributed by atoms with Crippen LogP contribution in [-0.4, -0.2) is 24.8 Å². The maximum absolute atomic E-state index is 12.3. The smallest absolute Gasteiger partial charge is 0.185 e. The van der Waals surface area contributed by atoms with Crippen LogP contribution in [0.15, 0.2) is 109 Å². The highest BCUT2D eigenvalue weighted by atomic mass is 35.5. The summed E-state index contributed by atoms with van der Waals surface area (Å²) in [6.07, 6.45) is 16.1. The molecule has 0 bridgehead atoms. The van der Waals surface area contributed by atoms with Crippen molar-refractivity contribution in [2.75, 3.05) is 13.2 Å². The summed E-state index contributed by atoms with van der Waals surface area (Å²) in [6.45, 7) is 1.42. The zero-order valence-electron chi connectivity index (χ0n) is 26.0. The quantitative estimate of drug-likeness (QED) is 0.0573. The van der Waals surface area contributed by atoms with Crippen LogP contribution in [-0.2, 0) is 0 Å². The van der Waals surface area contributed by atoms with Crippen LogP contribution >= 0.6 is 23.2 Å². The molecule has 4 aromatic carbocycles. The van der Waals surface area contributed by atoms with Gasteiger partial charge in [-0.2, -0.15) is 0 Å². The van der Waals surface area contributed by atoms with Crippen molar-refractivity contribution in [2.45, 2.75) is 51.4 Å². The molecule has 0 aliphatic heterocycles. The highest BCUT2D eigenvalue weighted by Crippen LogP contribution is 2.18. The fourth-order valence-corrected chi connectivity index (χ4v) is 5.01. The van der Waals surface area contributed by atoms with Crippen molar-refractivity contribution in [3.63, 3.8) is 0 Å². The molecule has 4 rings (SSSR count). The number of unbranched alkanes of at least 4 members (excludes halogenated alkanes) is 7. The molecule has 4 nitrogen and oxygen atoms in total. The van der Waals surface area contributed by atoms with Crippen LogP contribution in [0, 0.1) is 0 Å².